The number of hydrogen-bond acceptors (Lipinski definition) is 2. The fourth-order valence-corrected chi connectivity index (χ4v) is 4.28. The summed E-state index contributed by atoms with van der Waals surface area (Å²) in [6.07, 6.45) is 4.99. The molecule has 3 heterocycles. The van der Waals surface area contributed by atoms with Gasteiger partial charge < -0.3 is 14.8 Å². The number of hydrogen-bond donors (Lipinski definition) is 1. The molecule has 138 valence electrons. The number of pyridine rings is 1. The van der Waals surface area contributed by atoms with Gasteiger partial charge in [0.1, 0.15) is 0 Å². The van der Waals surface area contributed by atoms with Crippen LogP contribution in [-0.4, -0.2) is 26.1 Å². The van der Waals surface area contributed by atoms with Crippen molar-refractivity contribution in [1.29, 1.82) is 0 Å². The third kappa shape index (κ3) is 3.51. The van der Waals surface area contributed by atoms with Crippen molar-refractivity contribution >= 4 is 33.3 Å². The monoisotopic (exact) mass is 440 g/mol. The van der Waals surface area contributed by atoms with Crippen LogP contribution in [0, 0.1) is 0 Å². The number of rotatable bonds is 5. The molecule has 3 aromatic rings. The van der Waals surface area contributed by atoms with E-state index in [1.807, 2.05) is 18.3 Å². The van der Waals surface area contributed by atoms with Crippen LogP contribution < -0.4 is 5.32 Å². The van der Waals surface area contributed by atoms with Crippen molar-refractivity contribution in [2.75, 3.05) is 6.54 Å². The first-order chi connectivity index (χ1) is 13.2. The summed E-state index contributed by atoms with van der Waals surface area (Å²) in [5.74, 6) is 0. The Balaban J connectivity index is 1.80. The van der Waals surface area contributed by atoms with Crippen molar-refractivity contribution in [1.82, 2.24) is 19.8 Å². The summed E-state index contributed by atoms with van der Waals surface area (Å²) in [5, 5.41) is 4.30. The lowest BCUT2D eigenvalue weighted by molar-refractivity contribution is 0.309. The second-order valence-corrected chi connectivity index (χ2v) is 7.90. The van der Waals surface area contributed by atoms with Gasteiger partial charge in [-0.25, -0.2) is 0 Å². The van der Waals surface area contributed by atoms with Gasteiger partial charge in [0, 0.05) is 34.8 Å². The van der Waals surface area contributed by atoms with E-state index >= 15 is 0 Å². The molecule has 2 aromatic heterocycles. The second kappa shape index (κ2) is 7.82. The lowest BCUT2D eigenvalue weighted by Gasteiger charge is -2.28. The Morgan fingerprint density at radius 2 is 1.93 bits per heavy atom. The largest absolute Gasteiger partial charge is 0.352 e. The number of aromatic nitrogens is 2. The van der Waals surface area contributed by atoms with E-state index in [1.165, 1.54) is 5.69 Å². The van der Waals surface area contributed by atoms with Crippen LogP contribution in [0.3, 0.4) is 0 Å². The van der Waals surface area contributed by atoms with Crippen molar-refractivity contribution in [2.24, 2.45) is 0 Å². The van der Waals surface area contributed by atoms with E-state index in [4.69, 9.17) is 12.2 Å². The van der Waals surface area contributed by atoms with Gasteiger partial charge in [0.05, 0.1) is 17.8 Å². The van der Waals surface area contributed by atoms with Gasteiger partial charge in [-0.05, 0) is 67.2 Å². The van der Waals surface area contributed by atoms with Crippen LogP contribution in [0.2, 0.25) is 0 Å². The van der Waals surface area contributed by atoms with Crippen LogP contribution in [0.5, 0.6) is 0 Å². The molecule has 1 aliphatic rings. The fourth-order valence-electron chi connectivity index (χ4n) is 3.68. The van der Waals surface area contributed by atoms with Crippen LogP contribution in [-0.2, 0) is 0 Å². The third-order valence-corrected chi connectivity index (χ3v) is 5.73. The summed E-state index contributed by atoms with van der Waals surface area (Å²) in [5.41, 5.74) is 3.34. The highest BCUT2D eigenvalue weighted by Crippen LogP contribution is 2.39. The van der Waals surface area contributed by atoms with Crippen LogP contribution in [0.25, 0.3) is 5.69 Å². The molecule has 0 amide bonds. The van der Waals surface area contributed by atoms with Gasteiger partial charge in [0.2, 0.25) is 0 Å². The average Bonchev–Trinajstić information content (AvgIpc) is 3.28. The van der Waals surface area contributed by atoms with E-state index in [0.717, 1.165) is 33.9 Å². The Hall–Kier alpha value is -2.18. The Morgan fingerprint density at radius 3 is 2.63 bits per heavy atom. The standard InChI is InChI=1S/C21H21BrN4S/c1-2-13-26-20(19(24-21(26)27)17-6-3-4-12-23-17)18-7-5-14-25(18)16-10-8-15(22)9-11-16/h3-12,14,19-20H,2,13H2,1H3,(H,24,27)/t19-,20+/m1/s1. The van der Waals surface area contributed by atoms with Crippen molar-refractivity contribution in [3.63, 3.8) is 0 Å². The summed E-state index contributed by atoms with van der Waals surface area (Å²) < 4.78 is 3.31. The van der Waals surface area contributed by atoms with Crippen LogP contribution in [0.15, 0.2) is 71.5 Å². The van der Waals surface area contributed by atoms with E-state index in [9.17, 15) is 0 Å². The zero-order valence-electron chi connectivity index (χ0n) is 15.0. The smallest absolute Gasteiger partial charge is 0.170 e. The first kappa shape index (κ1) is 18.2. The van der Waals surface area contributed by atoms with Crippen molar-refractivity contribution in [3.05, 3.63) is 82.9 Å². The zero-order valence-corrected chi connectivity index (χ0v) is 17.5. The topological polar surface area (TPSA) is 33.1 Å². The van der Waals surface area contributed by atoms with Gasteiger partial charge in [-0.2, -0.15) is 0 Å². The Morgan fingerprint density at radius 1 is 1.11 bits per heavy atom. The minimum absolute atomic E-state index is 0.0225. The van der Waals surface area contributed by atoms with Gasteiger partial charge >= 0.3 is 0 Å². The molecule has 0 spiro atoms. The molecule has 0 radical (unpaired) electrons. The molecule has 0 aliphatic carbocycles. The first-order valence-electron chi connectivity index (χ1n) is 9.10. The summed E-state index contributed by atoms with van der Waals surface area (Å²) in [7, 11) is 0. The van der Waals surface area contributed by atoms with E-state index in [1.54, 1.807) is 0 Å². The van der Waals surface area contributed by atoms with E-state index < -0.39 is 0 Å². The highest BCUT2D eigenvalue weighted by Gasteiger charge is 2.40. The molecule has 1 N–H and O–H groups in total. The predicted octanol–water partition coefficient (Wildman–Crippen LogP) is 5.02. The maximum Gasteiger partial charge on any atom is 0.170 e. The lowest BCUT2D eigenvalue weighted by atomic mass is 10.0. The minimum atomic E-state index is 0.0225. The summed E-state index contributed by atoms with van der Waals surface area (Å²) in [6, 6.07) is 18.8. The molecular formula is C21H21BrN4S. The van der Waals surface area contributed by atoms with E-state index in [2.05, 4.69) is 91.3 Å². The number of nitrogens with one attached hydrogen (secondary N) is 1. The van der Waals surface area contributed by atoms with Crippen LogP contribution in [0.4, 0.5) is 0 Å². The fraction of sp³-hybridized carbons (Fsp3) is 0.238. The summed E-state index contributed by atoms with van der Waals surface area (Å²) in [6.45, 7) is 3.09. The molecule has 4 nitrogen and oxygen atoms in total. The number of halogens is 1. The van der Waals surface area contributed by atoms with Gasteiger partial charge in [0.25, 0.3) is 0 Å². The van der Waals surface area contributed by atoms with Crippen molar-refractivity contribution in [3.8, 4) is 5.69 Å². The number of nitrogens with zero attached hydrogens (tertiary/aromatic N) is 3. The molecule has 0 saturated carbocycles. The van der Waals surface area contributed by atoms with Gasteiger partial charge in [-0.3, -0.25) is 4.98 Å². The van der Waals surface area contributed by atoms with Crippen molar-refractivity contribution in [2.45, 2.75) is 25.4 Å². The zero-order chi connectivity index (χ0) is 18.8. The van der Waals surface area contributed by atoms with E-state index in [0.29, 0.717) is 0 Å². The van der Waals surface area contributed by atoms with Gasteiger partial charge in [-0.15, -0.1) is 0 Å². The molecule has 0 bridgehead atoms. The Labute approximate surface area is 173 Å². The Bertz CT molecular complexity index is 923. The minimum Gasteiger partial charge on any atom is -0.352 e. The molecule has 6 heteroatoms. The van der Waals surface area contributed by atoms with Crippen molar-refractivity contribution < 1.29 is 0 Å². The van der Waals surface area contributed by atoms with E-state index in [-0.39, 0.29) is 12.1 Å². The molecular weight excluding hydrogens is 420 g/mol. The normalized spacial score (nSPS) is 19.3. The van der Waals surface area contributed by atoms with Crippen LogP contribution >= 0.6 is 28.1 Å². The number of thiocarbonyl (C=S) groups is 1. The molecule has 4 rings (SSSR count). The molecule has 1 fully saturated rings. The first-order valence-corrected chi connectivity index (χ1v) is 10.3. The highest BCUT2D eigenvalue weighted by atomic mass is 79.9. The van der Waals surface area contributed by atoms with Crippen LogP contribution in [0.1, 0.15) is 36.8 Å². The predicted molar refractivity (Wildman–Crippen MR) is 116 cm³/mol. The molecule has 1 aromatic carbocycles. The van der Waals surface area contributed by atoms with Gasteiger partial charge in [-0.1, -0.05) is 28.9 Å². The maximum absolute atomic E-state index is 5.68. The molecule has 27 heavy (non-hydrogen) atoms. The highest BCUT2D eigenvalue weighted by molar-refractivity contribution is 9.10. The lowest BCUT2D eigenvalue weighted by Crippen LogP contribution is -2.31. The Kier molecular flexibility index (Phi) is 5.27. The quantitative estimate of drug-likeness (QED) is 0.564. The maximum atomic E-state index is 5.68. The number of benzene rings is 1. The average molecular weight is 441 g/mol. The second-order valence-electron chi connectivity index (χ2n) is 6.60. The summed E-state index contributed by atoms with van der Waals surface area (Å²) in [4.78, 5) is 6.89. The molecule has 0 unspecified atom stereocenters. The summed E-state index contributed by atoms with van der Waals surface area (Å²) >= 11 is 9.20. The third-order valence-electron chi connectivity index (χ3n) is 4.85. The molecule has 1 aliphatic heterocycles. The molecule has 2 atom stereocenters. The SMILES string of the molecule is CCCN1C(=S)N[C@H](c2ccccn2)[C@@H]1c1cccn1-c1ccc(Br)cc1. The van der Waals surface area contributed by atoms with Gasteiger partial charge in [0.15, 0.2) is 5.11 Å². The molecule has 1 saturated heterocycles.